The minimum Gasteiger partial charge on any atom is -0.377 e. The number of amides is 2. The lowest BCUT2D eigenvalue weighted by molar-refractivity contribution is 0.107. The van der Waals surface area contributed by atoms with Crippen molar-refractivity contribution in [3.8, 4) is 0 Å². The maximum atomic E-state index is 12.4. The van der Waals surface area contributed by atoms with Gasteiger partial charge >= 0.3 is 6.03 Å². The van der Waals surface area contributed by atoms with Gasteiger partial charge in [0.05, 0.1) is 12.6 Å². The largest absolute Gasteiger partial charge is 0.377 e. The fourth-order valence-corrected chi connectivity index (χ4v) is 3.90. The van der Waals surface area contributed by atoms with Crippen molar-refractivity contribution in [1.29, 1.82) is 0 Å². The van der Waals surface area contributed by atoms with Gasteiger partial charge in [-0.15, -0.1) is 21.8 Å². The SMILES string of the molecule is CN1CC(NCC2CCCO2)N(c2nnc(CCCCl)s2)C1=O. The summed E-state index contributed by atoms with van der Waals surface area (Å²) in [6, 6.07) is -0.0464. The quantitative estimate of drug-likeness (QED) is 0.750. The summed E-state index contributed by atoms with van der Waals surface area (Å²) >= 11 is 7.18. The highest BCUT2D eigenvalue weighted by Crippen LogP contribution is 2.27. The Bertz CT molecular complexity index is 537. The van der Waals surface area contributed by atoms with Crippen molar-refractivity contribution in [1.82, 2.24) is 20.4 Å². The Morgan fingerprint density at radius 2 is 2.35 bits per heavy atom. The van der Waals surface area contributed by atoms with Gasteiger partial charge in [0, 0.05) is 32.5 Å². The molecular formula is C14H22ClN5O2S. The third kappa shape index (κ3) is 3.93. The van der Waals surface area contributed by atoms with Crippen molar-refractivity contribution < 1.29 is 9.53 Å². The van der Waals surface area contributed by atoms with Crippen molar-refractivity contribution in [2.75, 3.05) is 37.5 Å². The number of hydrogen-bond acceptors (Lipinski definition) is 6. The van der Waals surface area contributed by atoms with Gasteiger partial charge < -0.3 is 9.64 Å². The first-order valence-corrected chi connectivity index (χ1v) is 9.32. The number of anilines is 1. The molecule has 9 heteroatoms. The maximum Gasteiger partial charge on any atom is 0.327 e. The zero-order chi connectivity index (χ0) is 16.2. The number of ether oxygens (including phenoxy) is 1. The lowest BCUT2D eigenvalue weighted by atomic mass is 10.2. The topological polar surface area (TPSA) is 70.6 Å². The Balaban J connectivity index is 1.65. The molecule has 23 heavy (non-hydrogen) atoms. The van der Waals surface area contributed by atoms with E-state index in [1.807, 2.05) is 0 Å². The number of carbonyl (C=O) groups is 1. The number of carbonyl (C=O) groups excluding carboxylic acids is 1. The molecule has 2 unspecified atom stereocenters. The van der Waals surface area contributed by atoms with Gasteiger partial charge in [-0.3, -0.25) is 10.2 Å². The van der Waals surface area contributed by atoms with E-state index in [0.29, 0.717) is 17.6 Å². The van der Waals surface area contributed by atoms with Crippen LogP contribution in [0.2, 0.25) is 0 Å². The highest BCUT2D eigenvalue weighted by molar-refractivity contribution is 7.15. The Labute approximate surface area is 144 Å². The number of aryl methyl sites for hydroxylation is 1. The van der Waals surface area contributed by atoms with Gasteiger partial charge in [0.25, 0.3) is 0 Å². The van der Waals surface area contributed by atoms with Gasteiger partial charge in [-0.25, -0.2) is 4.79 Å². The van der Waals surface area contributed by atoms with Crippen LogP contribution in [0.4, 0.5) is 9.93 Å². The molecule has 0 spiro atoms. The van der Waals surface area contributed by atoms with Gasteiger partial charge in [-0.05, 0) is 19.3 Å². The second-order valence-corrected chi connectivity index (χ2v) is 7.28. The molecule has 0 aliphatic carbocycles. The van der Waals surface area contributed by atoms with Crippen LogP contribution in [-0.4, -0.2) is 66.0 Å². The van der Waals surface area contributed by atoms with Crippen LogP contribution in [-0.2, 0) is 11.2 Å². The lowest BCUT2D eigenvalue weighted by Gasteiger charge is -2.22. The molecule has 7 nitrogen and oxygen atoms in total. The van der Waals surface area contributed by atoms with Crippen LogP contribution in [0, 0.1) is 0 Å². The van der Waals surface area contributed by atoms with E-state index in [2.05, 4.69) is 15.5 Å². The number of halogens is 1. The molecule has 0 radical (unpaired) electrons. The predicted octanol–water partition coefficient (Wildman–Crippen LogP) is 1.68. The van der Waals surface area contributed by atoms with E-state index in [-0.39, 0.29) is 18.3 Å². The fraction of sp³-hybridized carbons (Fsp3) is 0.786. The highest BCUT2D eigenvalue weighted by atomic mass is 35.5. The molecule has 128 valence electrons. The van der Waals surface area contributed by atoms with E-state index in [4.69, 9.17) is 16.3 Å². The van der Waals surface area contributed by atoms with Crippen LogP contribution in [0.25, 0.3) is 0 Å². The van der Waals surface area contributed by atoms with E-state index >= 15 is 0 Å². The Kier molecular flexibility index (Phi) is 5.68. The molecule has 3 heterocycles. The number of nitrogens with one attached hydrogen (secondary N) is 1. The molecule has 0 saturated carbocycles. The number of alkyl halides is 1. The number of rotatable bonds is 7. The van der Waals surface area contributed by atoms with Crippen LogP contribution in [0.5, 0.6) is 0 Å². The minimum absolute atomic E-state index is 0.0464. The van der Waals surface area contributed by atoms with Gasteiger partial charge in [0.2, 0.25) is 5.13 Å². The van der Waals surface area contributed by atoms with Gasteiger partial charge in [0.15, 0.2) is 0 Å². The van der Waals surface area contributed by atoms with Gasteiger partial charge in [-0.1, -0.05) is 11.3 Å². The first-order chi connectivity index (χ1) is 11.2. The summed E-state index contributed by atoms with van der Waals surface area (Å²) in [5.74, 6) is 0.603. The van der Waals surface area contributed by atoms with Crippen LogP contribution in [0.1, 0.15) is 24.3 Å². The van der Waals surface area contributed by atoms with E-state index in [0.717, 1.165) is 43.8 Å². The van der Waals surface area contributed by atoms with Crippen molar-refractivity contribution in [2.24, 2.45) is 0 Å². The van der Waals surface area contributed by atoms with Crippen molar-refractivity contribution in [3.05, 3.63) is 5.01 Å². The van der Waals surface area contributed by atoms with Crippen molar-refractivity contribution >= 4 is 34.1 Å². The van der Waals surface area contributed by atoms with Crippen LogP contribution in [0.3, 0.4) is 0 Å². The second kappa shape index (κ2) is 7.74. The summed E-state index contributed by atoms with van der Waals surface area (Å²) in [6.45, 7) is 2.21. The van der Waals surface area contributed by atoms with E-state index < -0.39 is 0 Å². The normalized spacial score (nSPS) is 24.9. The van der Waals surface area contributed by atoms with E-state index in [1.165, 1.54) is 11.3 Å². The molecule has 1 N–H and O–H groups in total. The Morgan fingerprint density at radius 3 is 3.09 bits per heavy atom. The number of urea groups is 1. The van der Waals surface area contributed by atoms with E-state index in [1.54, 1.807) is 16.8 Å². The average Bonchev–Trinajstić information content (AvgIpc) is 3.26. The van der Waals surface area contributed by atoms with Crippen molar-refractivity contribution in [3.63, 3.8) is 0 Å². The molecule has 2 saturated heterocycles. The predicted molar refractivity (Wildman–Crippen MR) is 90.2 cm³/mol. The summed E-state index contributed by atoms with van der Waals surface area (Å²) in [6.07, 6.45) is 4.00. The molecule has 2 aliphatic heterocycles. The van der Waals surface area contributed by atoms with Gasteiger partial charge in [-0.2, -0.15) is 0 Å². The van der Waals surface area contributed by atoms with Crippen molar-refractivity contribution in [2.45, 2.75) is 38.0 Å². The molecule has 3 rings (SSSR count). The summed E-state index contributed by atoms with van der Waals surface area (Å²) in [5, 5.41) is 13.4. The second-order valence-electron chi connectivity index (χ2n) is 5.86. The Hall–Kier alpha value is -0.960. The van der Waals surface area contributed by atoms with Crippen LogP contribution in [0.15, 0.2) is 0 Å². The summed E-state index contributed by atoms with van der Waals surface area (Å²) < 4.78 is 5.64. The molecule has 2 atom stereocenters. The Morgan fingerprint density at radius 1 is 1.48 bits per heavy atom. The molecule has 1 aromatic heterocycles. The zero-order valence-electron chi connectivity index (χ0n) is 13.2. The third-order valence-electron chi connectivity index (χ3n) is 4.08. The average molecular weight is 360 g/mol. The first kappa shape index (κ1) is 16.9. The number of likely N-dealkylation sites (N-methyl/N-ethyl adjacent to an activating group) is 1. The lowest BCUT2D eigenvalue weighted by Crippen LogP contribution is -2.47. The summed E-state index contributed by atoms with van der Waals surface area (Å²) in [5.41, 5.74) is 0. The number of aromatic nitrogens is 2. The smallest absolute Gasteiger partial charge is 0.327 e. The van der Waals surface area contributed by atoms with Crippen LogP contribution >= 0.6 is 22.9 Å². The fourth-order valence-electron chi connectivity index (χ4n) is 2.84. The number of hydrogen-bond donors (Lipinski definition) is 1. The summed E-state index contributed by atoms with van der Waals surface area (Å²) in [4.78, 5) is 15.8. The zero-order valence-corrected chi connectivity index (χ0v) is 14.8. The molecule has 0 bridgehead atoms. The molecule has 2 amide bonds. The summed E-state index contributed by atoms with van der Waals surface area (Å²) in [7, 11) is 1.80. The van der Waals surface area contributed by atoms with Gasteiger partial charge in [0.1, 0.15) is 11.2 Å². The standard InChI is InChI=1S/C14H22ClN5O2S/c1-19-9-11(16-8-10-4-3-7-22-10)20(14(19)21)13-18-17-12(23-13)5-2-6-15/h10-11,16H,2-9H2,1H3. The molecule has 1 aromatic rings. The first-order valence-electron chi connectivity index (χ1n) is 7.96. The molecule has 0 aromatic carbocycles. The third-order valence-corrected chi connectivity index (χ3v) is 5.33. The molecule has 2 fully saturated rings. The molecular weight excluding hydrogens is 338 g/mol. The van der Waals surface area contributed by atoms with E-state index in [9.17, 15) is 4.79 Å². The highest BCUT2D eigenvalue weighted by Gasteiger charge is 2.38. The monoisotopic (exact) mass is 359 g/mol. The minimum atomic E-state index is -0.0921. The molecule has 2 aliphatic rings. The number of nitrogens with zero attached hydrogens (tertiary/aromatic N) is 4. The van der Waals surface area contributed by atoms with Crippen LogP contribution < -0.4 is 10.2 Å². The maximum absolute atomic E-state index is 12.4.